The Hall–Kier alpha value is -2.68. The number of benzene rings is 1. The van der Waals surface area contributed by atoms with Gasteiger partial charge in [-0.2, -0.15) is 0 Å². The molecule has 0 aromatic heterocycles. The van der Waals surface area contributed by atoms with Gasteiger partial charge in [0.1, 0.15) is 11.6 Å². The molecule has 1 aliphatic carbocycles. The maximum atomic E-state index is 12.9. The number of nitrogens with one attached hydrogen (secondary N) is 1. The van der Waals surface area contributed by atoms with Gasteiger partial charge in [-0.15, -0.1) is 0 Å². The first-order valence-electron chi connectivity index (χ1n) is 10.1. The minimum absolute atomic E-state index is 0.0715. The Bertz CT molecular complexity index is 693. The van der Waals surface area contributed by atoms with Gasteiger partial charge in [0.25, 0.3) is 12.4 Å². The van der Waals surface area contributed by atoms with Gasteiger partial charge in [0.15, 0.2) is 6.61 Å². The summed E-state index contributed by atoms with van der Waals surface area (Å²) in [6.45, 7) is 1.26. The molecule has 2 aliphatic rings. The summed E-state index contributed by atoms with van der Waals surface area (Å²) in [4.78, 5) is 35.3. The molecule has 0 unspecified atom stereocenters. The molecule has 3 rings (SSSR count). The van der Waals surface area contributed by atoms with Crippen molar-refractivity contribution in [1.82, 2.24) is 10.2 Å². The van der Waals surface area contributed by atoms with E-state index in [1.54, 1.807) is 7.11 Å². The number of methoxy groups -OCH3 is 1. The molecule has 1 aromatic carbocycles. The Labute approximate surface area is 175 Å². The number of carbonyl (C=O) groups is 3. The lowest BCUT2D eigenvalue weighted by molar-refractivity contribution is -0.138. The lowest BCUT2D eigenvalue weighted by Gasteiger charge is -2.36. The van der Waals surface area contributed by atoms with E-state index < -0.39 is 0 Å². The monoisotopic (exact) mass is 424 g/mol. The third kappa shape index (κ3) is 6.98. The number of hydrogen-bond donors (Lipinski definition) is 2. The highest BCUT2D eigenvalue weighted by atomic mass is 19.1. The van der Waals surface area contributed by atoms with Crippen molar-refractivity contribution in [2.24, 2.45) is 5.92 Å². The number of rotatable bonds is 6. The van der Waals surface area contributed by atoms with E-state index >= 15 is 0 Å². The van der Waals surface area contributed by atoms with Crippen LogP contribution in [-0.4, -0.2) is 67.2 Å². The average molecular weight is 424 g/mol. The maximum Gasteiger partial charge on any atom is 0.290 e. The number of carbonyl (C=O) groups excluding carboxylic acids is 2. The fourth-order valence-electron chi connectivity index (χ4n) is 3.92. The molecule has 1 aromatic rings. The second-order valence-corrected chi connectivity index (χ2v) is 7.34. The van der Waals surface area contributed by atoms with Crippen LogP contribution in [0.25, 0.3) is 0 Å². The lowest BCUT2D eigenvalue weighted by Crippen LogP contribution is -2.51. The van der Waals surface area contributed by atoms with Crippen molar-refractivity contribution in [2.75, 3.05) is 26.8 Å². The molecule has 2 fully saturated rings. The topological polar surface area (TPSA) is 105 Å². The molecule has 0 bridgehead atoms. The Balaban J connectivity index is 0.00000101. The quantitative estimate of drug-likeness (QED) is 0.675. The molecule has 1 aliphatic heterocycles. The molecular weight excluding hydrogens is 395 g/mol. The Morgan fingerprint density at radius 3 is 2.47 bits per heavy atom. The average Bonchev–Trinajstić information content (AvgIpc) is 3.28. The van der Waals surface area contributed by atoms with Crippen molar-refractivity contribution in [1.29, 1.82) is 0 Å². The number of ether oxygens (including phenoxy) is 2. The molecule has 30 heavy (non-hydrogen) atoms. The zero-order valence-corrected chi connectivity index (χ0v) is 17.1. The van der Waals surface area contributed by atoms with Gasteiger partial charge in [0, 0.05) is 26.1 Å². The van der Waals surface area contributed by atoms with Crippen LogP contribution in [0.2, 0.25) is 0 Å². The van der Waals surface area contributed by atoms with Crippen LogP contribution >= 0.6 is 0 Å². The van der Waals surface area contributed by atoms with E-state index in [0.29, 0.717) is 12.2 Å². The summed E-state index contributed by atoms with van der Waals surface area (Å²) in [5.41, 5.74) is 0. The van der Waals surface area contributed by atoms with Crippen molar-refractivity contribution >= 4 is 18.3 Å². The van der Waals surface area contributed by atoms with Gasteiger partial charge in [-0.3, -0.25) is 14.4 Å². The zero-order valence-electron chi connectivity index (χ0n) is 17.1. The maximum absolute atomic E-state index is 12.9. The molecule has 8 nitrogen and oxygen atoms in total. The molecule has 0 spiro atoms. The SMILES string of the molecule is CO[C@@H]1CC[C@H](C(=O)N2CCCC2)C[C@H]1NC(=O)COc1ccc(F)cc1.O=CO. The third-order valence-electron chi connectivity index (χ3n) is 5.39. The van der Waals surface area contributed by atoms with Gasteiger partial charge < -0.3 is 24.8 Å². The van der Waals surface area contributed by atoms with Crippen molar-refractivity contribution in [2.45, 2.75) is 44.2 Å². The summed E-state index contributed by atoms with van der Waals surface area (Å²) in [5, 5.41) is 9.83. The van der Waals surface area contributed by atoms with E-state index in [2.05, 4.69) is 5.32 Å². The van der Waals surface area contributed by atoms with Gasteiger partial charge >= 0.3 is 0 Å². The standard InChI is InChI=1S/C20H27FN2O4.CH2O2/c1-26-18-9-4-14(20(25)23-10-2-3-11-23)12-17(18)22-19(24)13-27-16-7-5-15(21)6-8-16;2-1-3/h5-8,14,17-18H,2-4,9-13H2,1H3,(H,22,24);1H,(H,2,3)/t14-,17+,18+;/m0./s1. The number of nitrogens with zero attached hydrogens (tertiary/aromatic N) is 1. The molecule has 166 valence electrons. The summed E-state index contributed by atoms with van der Waals surface area (Å²) < 4.78 is 23.8. The Morgan fingerprint density at radius 1 is 1.23 bits per heavy atom. The minimum atomic E-state index is -0.356. The molecule has 1 heterocycles. The number of carboxylic acid groups (broad SMARTS) is 1. The van der Waals surface area contributed by atoms with Gasteiger partial charge in [0.05, 0.1) is 12.1 Å². The van der Waals surface area contributed by atoms with Gasteiger partial charge in [-0.05, 0) is 56.4 Å². The largest absolute Gasteiger partial charge is 0.484 e. The highest BCUT2D eigenvalue weighted by Crippen LogP contribution is 2.29. The summed E-state index contributed by atoms with van der Waals surface area (Å²) in [6.07, 6.45) is 4.13. The van der Waals surface area contributed by atoms with E-state index in [0.717, 1.165) is 38.8 Å². The van der Waals surface area contributed by atoms with Crippen molar-refractivity contribution in [3.05, 3.63) is 30.1 Å². The first-order valence-corrected chi connectivity index (χ1v) is 10.1. The Morgan fingerprint density at radius 2 is 1.87 bits per heavy atom. The normalized spacial score (nSPS) is 23.1. The van der Waals surface area contributed by atoms with E-state index in [4.69, 9.17) is 19.4 Å². The molecule has 2 amide bonds. The van der Waals surface area contributed by atoms with E-state index in [-0.39, 0.29) is 48.8 Å². The molecule has 1 saturated heterocycles. The van der Waals surface area contributed by atoms with Crippen molar-refractivity contribution < 1.29 is 33.4 Å². The van der Waals surface area contributed by atoms with Crippen LogP contribution in [0.5, 0.6) is 5.75 Å². The lowest BCUT2D eigenvalue weighted by atomic mass is 9.82. The number of amides is 2. The highest BCUT2D eigenvalue weighted by molar-refractivity contribution is 5.80. The van der Waals surface area contributed by atoms with Crippen molar-refractivity contribution in [3.8, 4) is 5.75 Å². The molecule has 0 radical (unpaired) electrons. The molecular formula is C21H29FN2O6. The molecule has 1 saturated carbocycles. The third-order valence-corrected chi connectivity index (χ3v) is 5.39. The highest BCUT2D eigenvalue weighted by Gasteiger charge is 2.37. The van der Waals surface area contributed by atoms with Crippen LogP contribution < -0.4 is 10.1 Å². The molecule has 9 heteroatoms. The van der Waals surface area contributed by atoms with Gasteiger partial charge in [-0.25, -0.2) is 4.39 Å². The predicted molar refractivity (Wildman–Crippen MR) is 106 cm³/mol. The fraction of sp³-hybridized carbons (Fsp3) is 0.571. The van der Waals surface area contributed by atoms with Crippen LogP contribution in [-0.2, 0) is 19.1 Å². The molecule has 2 N–H and O–H groups in total. The van der Waals surface area contributed by atoms with E-state index in [1.165, 1.54) is 24.3 Å². The van der Waals surface area contributed by atoms with Gasteiger partial charge in [-0.1, -0.05) is 0 Å². The molecule has 3 atom stereocenters. The van der Waals surface area contributed by atoms with Crippen LogP contribution in [0.15, 0.2) is 24.3 Å². The first-order chi connectivity index (χ1) is 14.5. The van der Waals surface area contributed by atoms with Gasteiger partial charge in [0.2, 0.25) is 5.91 Å². The Kier molecular flexibility index (Phi) is 9.53. The second kappa shape index (κ2) is 12.1. The smallest absolute Gasteiger partial charge is 0.290 e. The fourth-order valence-corrected chi connectivity index (χ4v) is 3.92. The van der Waals surface area contributed by atoms with Crippen molar-refractivity contribution in [3.63, 3.8) is 0 Å². The predicted octanol–water partition coefficient (Wildman–Crippen LogP) is 1.83. The summed E-state index contributed by atoms with van der Waals surface area (Å²) in [5.74, 6) is -0.0754. The van der Waals surface area contributed by atoms with Crippen LogP contribution in [0, 0.1) is 11.7 Å². The number of halogens is 1. The second-order valence-electron chi connectivity index (χ2n) is 7.34. The first kappa shape index (κ1) is 23.6. The van der Waals surface area contributed by atoms with E-state index in [9.17, 15) is 14.0 Å². The minimum Gasteiger partial charge on any atom is -0.484 e. The zero-order chi connectivity index (χ0) is 21.9. The van der Waals surface area contributed by atoms with E-state index in [1.807, 2.05) is 4.90 Å². The number of hydrogen-bond acceptors (Lipinski definition) is 5. The summed E-state index contributed by atoms with van der Waals surface area (Å²) in [6, 6.07) is 5.30. The summed E-state index contributed by atoms with van der Waals surface area (Å²) in [7, 11) is 1.63. The van der Waals surface area contributed by atoms with Crippen LogP contribution in [0.4, 0.5) is 4.39 Å². The van der Waals surface area contributed by atoms with Crippen LogP contribution in [0.1, 0.15) is 32.1 Å². The van der Waals surface area contributed by atoms with Crippen LogP contribution in [0.3, 0.4) is 0 Å². The number of likely N-dealkylation sites (tertiary alicyclic amines) is 1. The summed E-state index contributed by atoms with van der Waals surface area (Å²) >= 11 is 0.